The third-order valence-electron chi connectivity index (χ3n) is 4.06. The Morgan fingerprint density at radius 3 is 2.30 bits per heavy atom. The van der Waals surface area contributed by atoms with Gasteiger partial charge in [0.25, 0.3) is 0 Å². The van der Waals surface area contributed by atoms with E-state index in [1.807, 2.05) is 32.0 Å². The van der Waals surface area contributed by atoms with Crippen LogP contribution < -0.4 is 0 Å². The van der Waals surface area contributed by atoms with Crippen LogP contribution in [-0.2, 0) is 0 Å². The van der Waals surface area contributed by atoms with Gasteiger partial charge in [-0.15, -0.1) is 0 Å². The summed E-state index contributed by atoms with van der Waals surface area (Å²) in [5.74, 6) is 0.361. The van der Waals surface area contributed by atoms with Crippen LogP contribution in [0, 0.1) is 19.7 Å². The minimum Gasteiger partial charge on any atom is -0.384 e. The standard InChI is InChI=1S/C18H19FO/c1-11-9-12(2)17(16(19)10-11)18(20)15-7-5-14(6-8-15)13-3-4-13/h5-10,13,18,20H,3-4H2,1-2H3. The van der Waals surface area contributed by atoms with Gasteiger partial charge in [-0.3, -0.25) is 0 Å². The second-order valence-corrected chi connectivity index (χ2v) is 5.82. The zero-order chi connectivity index (χ0) is 14.3. The lowest BCUT2D eigenvalue weighted by atomic mass is 9.94. The van der Waals surface area contributed by atoms with Gasteiger partial charge in [0.15, 0.2) is 0 Å². The van der Waals surface area contributed by atoms with Crippen molar-refractivity contribution in [2.24, 2.45) is 0 Å². The maximum atomic E-state index is 14.1. The van der Waals surface area contributed by atoms with Gasteiger partial charge in [0.1, 0.15) is 11.9 Å². The van der Waals surface area contributed by atoms with E-state index in [4.69, 9.17) is 0 Å². The molecule has 1 N–H and O–H groups in total. The molecule has 1 aliphatic carbocycles. The monoisotopic (exact) mass is 270 g/mol. The molecule has 3 rings (SSSR count). The van der Waals surface area contributed by atoms with Gasteiger partial charge in [0.05, 0.1) is 0 Å². The van der Waals surface area contributed by atoms with Crippen molar-refractivity contribution in [2.75, 3.05) is 0 Å². The molecule has 0 amide bonds. The van der Waals surface area contributed by atoms with Crippen molar-refractivity contribution in [3.63, 3.8) is 0 Å². The first kappa shape index (κ1) is 13.3. The van der Waals surface area contributed by atoms with Crippen molar-refractivity contribution in [3.8, 4) is 0 Å². The third-order valence-corrected chi connectivity index (χ3v) is 4.06. The third kappa shape index (κ3) is 2.48. The molecule has 0 aliphatic heterocycles. The summed E-state index contributed by atoms with van der Waals surface area (Å²) in [4.78, 5) is 0. The summed E-state index contributed by atoms with van der Waals surface area (Å²) in [6.45, 7) is 3.70. The lowest BCUT2D eigenvalue weighted by Gasteiger charge is -2.16. The van der Waals surface area contributed by atoms with Crippen molar-refractivity contribution in [2.45, 2.75) is 38.7 Å². The van der Waals surface area contributed by atoms with Crippen LogP contribution in [0.15, 0.2) is 36.4 Å². The van der Waals surface area contributed by atoms with Crippen LogP contribution in [0.2, 0.25) is 0 Å². The smallest absolute Gasteiger partial charge is 0.129 e. The summed E-state index contributed by atoms with van der Waals surface area (Å²) in [5, 5.41) is 10.4. The molecule has 0 radical (unpaired) electrons. The summed E-state index contributed by atoms with van der Waals surface area (Å²) >= 11 is 0. The second kappa shape index (κ2) is 5.02. The van der Waals surface area contributed by atoms with Crippen LogP contribution in [-0.4, -0.2) is 5.11 Å². The lowest BCUT2D eigenvalue weighted by Crippen LogP contribution is -2.06. The highest BCUT2D eigenvalue weighted by molar-refractivity contribution is 5.40. The molecule has 104 valence electrons. The van der Waals surface area contributed by atoms with E-state index >= 15 is 0 Å². The number of aliphatic hydroxyl groups is 1. The average molecular weight is 270 g/mol. The molecule has 2 aromatic rings. The molecule has 0 heterocycles. The van der Waals surface area contributed by atoms with Crippen LogP contribution in [0.4, 0.5) is 4.39 Å². The van der Waals surface area contributed by atoms with E-state index in [9.17, 15) is 9.50 Å². The molecule has 0 saturated heterocycles. The molecule has 1 atom stereocenters. The van der Waals surface area contributed by atoms with E-state index in [1.54, 1.807) is 0 Å². The number of rotatable bonds is 3. The number of hydrogen-bond donors (Lipinski definition) is 1. The summed E-state index contributed by atoms with van der Waals surface area (Å²) < 4.78 is 14.1. The lowest BCUT2D eigenvalue weighted by molar-refractivity contribution is 0.214. The fraction of sp³-hybridized carbons (Fsp3) is 0.333. The van der Waals surface area contributed by atoms with Crippen molar-refractivity contribution in [1.29, 1.82) is 0 Å². The Kier molecular flexibility index (Phi) is 3.35. The van der Waals surface area contributed by atoms with E-state index in [-0.39, 0.29) is 5.82 Å². The first-order valence-electron chi connectivity index (χ1n) is 7.11. The van der Waals surface area contributed by atoms with Crippen LogP contribution in [0.5, 0.6) is 0 Å². The van der Waals surface area contributed by atoms with Gasteiger partial charge in [-0.2, -0.15) is 0 Å². The molecule has 0 aromatic heterocycles. The predicted molar refractivity (Wildman–Crippen MR) is 78.4 cm³/mol. The average Bonchev–Trinajstić information content (AvgIpc) is 3.22. The van der Waals surface area contributed by atoms with Crippen molar-refractivity contribution >= 4 is 0 Å². The first-order valence-corrected chi connectivity index (χ1v) is 7.11. The van der Waals surface area contributed by atoms with Gasteiger partial charge in [-0.25, -0.2) is 4.39 Å². The molecule has 0 spiro atoms. The van der Waals surface area contributed by atoms with Crippen LogP contribution >= 0.6 is 0 Å². The fourth-order valence-corrected chi connectivity index (χ4v) is 2.81. The summed E-state index contributed by atoms with van der Waals surface area (Å²) in [7, 11) is 0. The molecule has 20 heavy (non-hydrogen) atoms. The van der Waals surface area contributed by atoms with E-state index in [0.29, 0.717) is 11.5 Å². The highest BCUT2D eigenvalue weighted by Gasteiger charge is 2.24. The van der Waals surface area contributed by atoms with Crippen LogP contribution in [0.25, 0.3) is 0 Å². The Balaban J connectivity index is 1.93. The van der Waals surface area contributed by atoms with Crippen molar-refractivity contribution < 1.29 is 9.50 Å². The maximum Gasteiger partial charge on any atom is 0.129 e. The Morgan fingerprint density at radius 2 is 1.75 bits per heavy atom. The molecule has 1 saturated carbocycles. The van der Waals surface area contributed by atoms with Crippen LogP contribution in [0.1, 0.15) is 52.7 Å². The number of aliphatic hydroxyl groups excluding tert-OH is 1. The Morgan fingerprint density at radius 1 is 1.10 bits per heavy atom. The van der Waals surface area contributed by atoms with E-state index in [0.717, 1.165) is 16.7 Å². The van der Waals surface area contributed by atoms with Gasteiger partial charge in [0, 0.05) is 5.56 Å². The van der Waals surface area contributed by atoms with Gasteiger partial charge in [-0.1, -0.05) is 30.3 Å². The molecule has 1 fully saturated rings. The Labute approximate surface area is 119 Å². The van der Waals surface area contributed by atoms with Gasteiger partial charge >= 0.3 is 0 Å². The number of benzene rings is 2. The normalized spacial score (nSPS) is 16.2. The SMILES string of the molecule is Cc1cc(C)c(C(O)c2ccc(C3CC3)cc2)c(F)c1. The number of aryl methyl sites for hydroxylation is 2. The summed E-state index contributed by atoms with van der Waals surface area (Å²) in [5.41, 5.74) is 4.12. The molecular formula is C18H19FO. The van der Waals surface area contributed by atoms with Gasteiger partial charge in [-0.05, 0) is 60.9 Å². The van der Waals surface area contributed by atoms with E-state index in [2.05, 4.69) is 12.1 Å². The quantitative estimate of drug-likeness (QED) is 0.876. The fourth-order valence-electron chi connectivity index (χ4n) is 2.81. The Bertz CT molecular complexity index is 603. The molecule has 1 nitrogen and oxygen atoms in total. The van der Waals surface area contributed by atoms with Crippen LogP contribution in [0.3, 0.4) is 0 Å². The topological polar surface area (TPSA) is 20.2 Å². The summed E-state index contributed by atoms with van der Waals surface area (Å²) in [6.07, 6.45) is 1.62. The zero-order valence-electron chi connectivity index (χ0n) is 11.9. The largest absolute Gasteiger partial charge is 0.384 e. The molecule has 0 bridgehead atoms. The van der Waals surface area contributed by atoms with E-state index < -0.39 is 6.10 Å². The molecule has 1 aliphatic rings. The number of hydrogen-bond acceptors (Lipinski definition) is 1. The highest BCUT2D eigenvalue weighted by atomic mass is 19.1. The zero-order valence-corrected chi connectivity index (χ0v) is 11.9. The Hall–Kier alpha value is -1.67. The first-order chi connectivity index (χ1) is 9.56. The number of halogens is 1. The van der Waals surface area contributed by atoms with E-state index in [1.165, 1.54) is 24.5 Å². The minimum absolute atomic E-state index is 0.332. The highest BCUT2D eigenvalue weighted by Crippen LogP contribution is 2.40. The predicted octanol–water partition coefficient (Wildman–Crippen LogP) is 4.40. The van der Waals surface area contributed by atoms with Crippen molar-refractivity contribution in [1.82, 2.24) is 0 Å². The van der Waals surface area contributed by atoms with Gasteiger partial charge in [0.2, 0.25) is 0 Å². The second-order valence-electron chi connectivity index (χ2n) is 5.82. The minimum atomic E-state index is -0.899. The summed E-state index contributed by atoms with van der Waals surface area (Å²) in [6, 6.07) is 11.3. The molecular weight excluding hydrogens is 251 g/mol. The molecule has 2 aromatic carbocycles. The van der Waals surface area contributed by atoms with Crippen molar-refractivity contribution in [3.05, 3.63) is 70.0 Å². The maximum absolute atomic E-state index is 14.1. The molecule has 2 heteroatoms. The molecule has 1 unspecified atom stereocenters. The van der Waals surface area contributed by atoms with Gasteiger partial charge < -0.3 is 5.11 Å².